The first kappa shape index (κ1) is 16.6. The predicted molar refractivity (Wildman–Crippen MR) is 99.2 cm³/mol. The Morgan fingerprint density at radius 3 is 2.42 bits per heavy atom. The molecule has 0 N–H and O–H groups in total. The molecule has 0 bridgehead atoms. The van der Waals surface area contributed by atoms with Crippen LogP contribution in [-0.2, 0) is 0 Å². The molecule has 6 heteroatoms. The minimum Gasteiger partial charge on any atom is -0.368 e. The SMILES string of the molecule is Cc1nc2c(C)cccn2c1C(=O)N1CCN(c2ccc(F)cc2)CC1. The molecular formula is C20H21FN4O. The van der Waals surface area contributed by atoms with Gasteiger partial charge in [0.25, 0.3) is 5.91 Å². The average Bonchev–Trinajstić information content (AvgIpc) is 2.99. The average molecular weight is 352 g/mol. The molecule has 3 aromatic rings. The van der Waals surface area contributed by atoms with Crippen LogP contribution in [0.5, 0.6) is 0 Å². The summed E-state index contributed by atoms with van der Waals surface area (Å²) >= 11 is 0. The summed E-state index contributed by atoms with van der Waals surface area (Å²) in [4.78, 5) is 21.7. The Labute approximate surface area is 151 Å². The second-order valence-corrected chi connectivity index (χ2v) is 6.69. The summed E-state index contributed by atoms with van der Waals surface area (Å²) in [5, 5.41) is 0. The van der Waals surface area contributed by atoms with E-state index in [1.807, 2.05) is 41.5 Å². The quantitative estimate of drug-likeness (QED) is 0.712. The van der Waals surface area contributed by atoms with Crippen LogP contribution in [0.2, 0.25) is 0 Å². The number of piperazine rings is 1. The van der Waals surface area contributed by atoms with Gasteiger partial charge in [-0.25, -0.2) is 9.37 Å². The molecule has 0 radical (unpaired) electrons. The van der Waals surface area contributed by atoms with Gasteiger partial charge in [-0.15, -0.1) is 0 Å². The van der Waals surface area contributed by atoms with Gasteiger partial charge in [-0.1, -0.05) is 6.07 Å². The van der Waals surface area contributed by atoms with Crippen molar-refractivity contribution in [3.63, 3.8) is 0 Å². The minimum absolute atomic E-state index is 0.0133. The molecule has 1 aliphatic heterocycles. The summed E-state index contributed by atoms with van der Waals surface area (Å²) in [6.07, 6.45) is 1.89. The zero-order valence-electron chi connectivity index (χ0n) is 14.9. The number of rotatable bonds is 2. The fourth-order valence-electron chi connectivity index (χ4n) is 3.54. The Balaban J connectivity index is 1.53. The number of hydrogen-bond acceptors (Lipinski definition) is 3. The van der Waals surface area contributed by atoms with Crippen LogP contribution in [0, 0.1) is 19.7 Å². The van der Waals surface area contributed by atoms with Crippen molar-refractivity contribution in [2.45, 2.75) is 13.8 Å². The molecule has 5 nitrogen and oxygen atoms in total. The number of aryl methyl sites for hydroxylation is 2. The summed E-state index contributed by atoms with van der Waals surface area (Å²) in [6.45, 7) is 6.60. The van der Waals surface area contributed by atoms with Crippen LogP contribution in [0.25, 0.3) is 5.65 Å². The Morgan fingerprint density at radius 2 is 1.73 bits per heavy atom. The number of hydrogen-bond donors (Lipinski definition) is 0. The third kappa shape index (κ3) is 2.81. The number of halogens is 1. The normalized spacial score (nSPS) is 14.9. The van der Waals surface area contributed by atoms with Crippen molar-refractivity contribution in [2.24, 2.45) is 0 Å². The number of imidazole rings is 1. The molecule has 1 aliphatic rings. The van der Waals surface area contributed by atoms with Gasteiger partial charge >= 0.3 is 0 Å². The Bertz CT molecular complexity index is 956. The summed E-state index contributed by atoms with van der Waals surface area (Å²) < 4.78 is 15.0. The third-order valence-electron chi connectivity index (χ3n) is 4.98. The first-order chi connectivity index (χ1) is 12.5. The molecular weight excluding hydrogens is 331 g/mol. The van der Waals surface area contributed by atoms with E-state index in [4.69, 9.17) is 0 Å². The lowest BCUT2D eigenvalue weighted by atomic mass is 10.2. The summed E-state index contributed by atoms with van der Waals surface area (Å²) in [5.41, 5.74) is 4.26. The van der Waals surface area contributed by atoms with Crippen LogP contribution in [0.3, 0.4) is 0 Å². The van der Waals surface area contributed by atoms with Crippen molar-refractivity contribution in [3.8, 4) is 0 Å². The van der Waals surface area contributed by atoms with Crippen LogP contribution in [-0.4, -0.2) is 46.4 Å². The van der Waals surface area contributed by atoms with Crippen molar-refractivity contribution in [3.05, 3.63) is 65.4 Å². The lowest BCUT2D eigenvalue weighted by molar-refractivity contribution is 0.0739. The number of amides is 1. The highest BCUT2D eigenvalue weighted by Gasteiger charge is 2.26. The maximum absolute atomic E-state index is 13.1. The fraction of sp³-hybridized carbons (Fsp3) is 0.300. The number of carbonyl (C=O) groups is 1. The molecule has 0 spiro atoms. The van der Waals surface area contributed by atoms with E-state index in [2.05, 4.69) is 9.88 Å². The monoisotopic (exact) mass is 352 g/mol. The number of fused-ring (bicyclic) bond motifs is 1. The molecule has 1 aromatic carbocycles. The van der Waals surface area contributed by atoms with E-state index < -0.39 is 0 Å². The minimum atomic E-state index is -0.235. The number of anilines is 1. The van der Waals surface area contributed by atoms with Gasteiger partial charge in [0.15, 0.2) is 0 Å². The van der Waals surface area contributed by atoms with Crippen LogP contribution in [0.15, 0.2) is 42.6 Å². The van der Waals surface area contributed by atoms with E-state index in [9.17, 15) is 9.18 Å². The van der Waals surface area contributed by atoms with Gasteiger partial charge in [-0.3, -0.25) is 9.20 Å². The van der Waals surface area contributed by atoms with Crippen molar-refractivity contribution in [1.82, 2.24) is 14.3 Å². The van der Waals surface area contributed by atoms with Gasteiger partial charge in [0.1, 0.15) is 17.2 Å². The second kappa shape index (κ2) is 6.44. The van der Waals surface area contributed by atoms with E-state index in [0.717, 1.165) is 35.7 Å². The topological polar surface area (TPSA) is 40.9 Å². The second-order valence-electron chi connectivity index (χ2n) is 6.69. The Morgan fingerprint density at radius 1 is 1.04 bits per heavy atom. The number of nitrogens with zero attached hydrogens (tertiary/aromatic N) is 4. The molecule has 2 aromatic heterocycles. The van der Waals surface area contributed by atoms with Crippen molar-refractivity contribution >= 4 is 17.2 Å². The van der Waals surface area contributed by atoms with Crippen LogP contribution in [0.4, 0.5) is 10.1 Å². The lowest BCUT2D eigenvalue weighted by Gasteiger charge is -2.36. The molecule has 0 aliphatic carbocycles. The molecule has 134 valence electrons. The van der Waals surface area contributed by atoms with E-state index in [1.54, 1.807) is 12.1 Å². The van der Waals surface area contributed by atoms with Gasteiger partial charge < -0.3 is 9.80 Å². The van der Waals surface area contributed by atoms with Crippen LogP contribution >= 0.6 is 0 Å². The number of pyridine rings is 1. The van der Waals surface area contributed by atoms with Gasteiger partial charge in [0, 0.05) is 38.1 Å². The highest BCUT2D eigenvalue weighted by molar-refractivity contribution is 5.95. The van der Waals surface area contributed by atoms with Crippen molar-refractivity contribution < 1.29 is 9.18 Å². The van der Waals surface area contributed by atoms with Crippen LogP contribution in [0.1, 0.15) is 21.7 Å². The van der Waals surface area contributed by atoms with E-state index >= 15 is 0 Å². The molecule has 0 saturated carbocycles. The molecule has 1 saturated heterocycles. The zero-order valence-corrected chi connectivity index (χ0v) is 14.9. The first-order valence-corrected chi connectivity index (χ1v) is 8.78. The maximum Gasteiger partial charge on any atom is 0.272 e. The highest BCUT2D eigenvalue weighted by Crippen LogP contribution is 2.20. The lowest BCUT2D eigenvalue weighted by Crippen LogP contribution is -2.49. The molecule has 0 unspecified atom stereocenters. The van der Waals surface area contributed by atoms with Gasteiger partial charge in [-0.2, -0.15) is 0 Å². The van der Waals surface area contributed by atoms with E-state index in [1.165, 1.54) is 12.1 Å². The molecule has 4 rings (SSSR count). The molecule has 1 amide bonds. The van der Waals surface area contributed by atoms with Gasteiger partial charge in [0.2, 0.25) is 0 Å². The standard InChI is InChI=1S/C20H21FN4O/c1-14-4-3-9-25-18(15(2)22-19(14)25)20(26)24-12-10-23(11-13-24)17-7-5-16(21)6-8-17/h3-9H,10-13H2,1-2H3. The van der Waals surface area contributed by atoms with Gasteiger partial charge in [-0.05, 0) is 49.7 Å². The Kier molecular flexibility index (Phi) is 4.11. The van der Waals surface area contributed by atoms with Gasteiger partial charge in [0.05, 0.1) is 5.69 Å². The number of carbonyl (C=O) groups excluding carboxylic acids is 1. The van der Waals surface area contributed by atoms with E-state index in [0.29, 0.717) is 18.8 Å². The zero-order chi connectivity index (χ0) is 18.3. The molecule has 3 heterocycles. The van der Waals surface area contributed by atoms with E-state index in [-0.39, 0.29) is 11.7 Å². The Hall–Kier alpha value is -2.89. The van der Waals surface area contributed by atoms with Crippen molar-refractivity contribution in [2.75, 3.05) is 31.1 Å². The molecule has 26 heavy (non-hydrogen) atoms. The summed E-state index contributed by atoms with van der Waals surface area (Å²) in [6, 6.07) is 10.4. The summed E-state index contributed by atoms with van der Waals surface area (Å²) in [7, 11) is 0. The molecule has 1 fully saturated rings. The smallest absolute Gasteiger partial charge is 0.272 e. The number of benzene rings is 1. The largest absolute Gasteiger partial charge is 0.368 e. The van der Waals surface area contributed by atoms with Crippen molar-refractivity contribution in [1.29, 1.82) is 0 Å². The van der Waals surface area contributed by atoms with Crippen LogP contribution < -0.4 is 4.90 Å². The molecule has 0 atom stereocenters. The number of aromatic nitrogens is 2. The summed E-state index contributed by atoms with van der Waals surface area (Å²) in [5.74, 6) is -0.222. The maximum atomic E-state index is 13.1. The first-order valence-electron chi connectivity index (χ1n) is 8.78. The third-order valence-corrected chi connectivity index (χ3v) is 4.98. The fourth-order valence-corrected chi connectivity index (χ4v) is 3.54. The highest BCUT2D eigenvalue weighted by atomic mass is 19.1. The predicted octanol–water partition coefficient (Wildman–Crippen LogP) is 3.05.